The van der Waals surface area contributed by atoms with Gasteiger partial charge >= 0.3 is 0 Å². The summed E-state index contributed by atoms with van der Waals surface area (Å²) in [4.78, 5) is 27.3. The molecule has 0 saturated heterocycles. The van der Waals surface area contributed by atoms with Crippen molar-refractivity contribution in [2.45, 2.75) is 58.5 Å². The van der Waals surface area contributed by atoms with Crippen molar-refractivity contribution >= 4 is 23.6 Å². The van der Waals surface area contributed by atoms with Crippen LogP contribution in [-0.2, 0) is 21.9 Å². The van der Waals surface area contributed by atoms with Gasteiger partial charge in [-0.3, -0.25) is 9.59 Å². The Bertz CT molecular complexity index is 824. The van der Waals surface area contributed by atoms with Crippen molar-refractivity contribution < 1.29 is 14.0 Å². The Labute approximate surface area is 183 Å². The van der Waals surface area contributed by atoms with E-state index in [2.05, 4.69) is 5.32 Å². The predicted molar refractivity (Wildman–Crippen MR) is 122 cm³/mol. The number of carbonyl (C=O) groups excluding carboxylic acids is 2. The molecule has 0 heterocycles. The normalized spacial score (nSPS) is 12.8. The largest absolute Gasteiger partial charge is 0.352 e. The van der Waals surface area contributed by atoms with Crippen molar-refractivity contribution in [2.75, 3.05) is 5.75 Å². The third kappa shape index (κ3) is 7.48. The molecule has 0 fully saturated rings. The van der Waals surface area contributed by atoms with E-state index in [0.717, 1.165) is 23.1 Å². The minimum Gasteiger partial charge on any atom is -0.352 e. The molecule has 2 rings (SSSR count). The number of amides is 2. The molecular weight excluding hydrogens is 399 g/mol. The number of thioether (sulfide) groups is 1. The summed E-state index contributed by atoms with van der Waals surface area (Å²) in [5.41, 5.74) is 3.09. The molecule has 0 aliphatic heterocycles. The molecule has 30 heavy (non-hydrogen) atoms. The van der Waals surface area contributed by atoms with Crippen LogP contribution in [0.2, 0.25) is 0 Å². The first kappa shape index (κ1) is 23.9. The fourth-order valence-corrected chi connectivity index (χ4v) is 3.73. The molecule has 0 aliphatic carbocycles. The van der Waals surface area contributed by atoms with Crippen LogP contribution in [0.25, 0.3) is 0 Å². The van der Waals surface area contributed by atoms with Gasteiger partial charge in [-0.2, -0.15) is 0 Å². The van der Waals surface area contributed by atoms with Gasteiger partial charge in [0.05, 0.1) is 5.75 Å². The highest BCUT2D eigenvalue weighted by molar-refractivity contribution is 7.99. The van der Waals surface area contributed by atoms with Gasteiger partial charge in [0, 0.05) is 18.3 Å². The van der Waals surface area contributed by atoms with Gasteiger partial charge in [-0.05, 0) is 50.5 Å². The number of hydrogen-bond donors (Lipinski definition) is 1. The van der Waals surface area contributed by atoms with Gasteiger partial charge in [0.1, 0.15) is 11.9 Å². The van der Waals surface area contributed by atoms with E-state index in [1.165, 1.54) is 23.9 Å². The van der Waals surface area contributed by atoms with Crippen LogP contribution in [0.5, 0.6) is 0 Å². The highest BCUT2D eigenvalue weighted by Crippen LogP contribution is 2.17. The van der Waals surface area contributed by atoms with Gasteiger partial charge in [0.2, 0.25) is 11.8 Å². The summed E-state index contributed by atoms with van der Waals surface area (Å²) >= 11 is 1.46. The lowest BCUT2D eigenvalue weighted by Gasteiger charge is -2.29. The molecule has 2 amide bonds. The Morgan fingerprint density at radius 2 is 1.63 bits per heavy atom. The van der Waals surface area contributed by atoms with Gasteiger partial charge in [0.25, 0.3) is 0 Å². The lowest BCUT2D eigenvalue weighted by molar-refractivity contribution is -0.138. The van der Waals surface area contributed by atoms with E-state index in [1.54, 1.807) is 24.0 Å². The maximum absolute atomic E-state index is 13.0. The Morgan fingerprint density at radius 1 is 1.03 bits per heavy atom. The SMILES string of the molecule is CC[C@H](C)NC(=O)[C@H](C)N(Cc1ccc(C)cc1)C(=O)CSCc1ccc(F)cc1. The second-order valence-electron chi connectivity index (χ2n) is 7.62. The van der Waals surface area contributed by atoms with Crippen LogP contribution in [0.3, 0.4) is 0 Å². The Morgan fingerprint density at radius 3 is 2.23 bits per heavy atom. The molecular formula is C24H31FN2O2S. The van der Waals surface area contributed by atoms with Crippen LogP contribution in [0, 0.1) is 12.7 Å². The summed E-state index contributed by atoms with van der Waals surface area (Å²) in [6.45, 7) is 8.13. The van der Waals surface area contributed by atoms with Gasteiger partial charge in [0.15, 0.2) is 0 Å². The zero-order valence-electron chi connectivity index (χ0n) is 18.2. The molecule has 2 atom stereocenters. The molecule has 1 N–H and O–H groups in total. The third-order valence-corrected chi connectivity index (χ3v) is 6.04. The summed E-state index contributed by atoms with van der Waals surface area (Å²) in [5, 5.41) is 2.97. The number of carbonyl (C=O) groups is 2. The number of benzene rings is 2. The first-order valence-corrected chi connectivity index (χ1v) is 11.4. The summed E-state index contributed by atoms with van der Waals surface area (Å²) in [7, 11) is 0. The number of hydrogen-bond acceptors (Lipinski definition) is 3. The molecule has 0 bridgehead atoms. The van der Waals surface area contributed by atoms with Gasteiger partial charge in [-0.25, -0.2) is 4.39 Å². The average molecular weight is 431 g/mol. The number of nitrogens with one attached hydrogen (secondary N) is 1. The number of nitrogens with zero attached hydrogens (tertiary/aromatic N) is 1. The lowest BCUT2D eigenvalue weighted by Crippen LogP contribution is -2.50. The quantitative estimate of drug-likeness (QED) is 0.594. The van der Waals surface area contributed by atoms with Crippen molar-refractivity contribution in [3.05, 3.63) is 71.0 Å². The molecule has 2 aromatic rings. The van der Waals surface area contributed by atoms with Gasteiger partial charge in [-0.15, -0.1) is 11.8 Å². The third-order valence-electron chi connectivity index (χ3n) is 5.05. The van der Waals surface area contributed by atoms with Crippen LogP contribution in [0.1, 0.15) is 43.9 Å². The van der Waals surface area contributed by atoms with Crippen molar-refractivity contribution in [2.24, 2.45) is 0 Å². The Balaban J connectivity index is 2.06. The van der Waals surface area contributed by atoms with Crippen LogP contribution in [0.4, 0.5) is 4.39 Å². The molecule has 0 unspecified atom stereocenters. The minimum atomic E-state index is -0.570. The molecule has 0 spiro atoms. The molecule has 6 heteroatoms. The molecule has 0 radical (unpaired) electrons. The second-order valence-corrected chi connectivity index (χ2v) is 8.61. The van der Waals surface area contributed by atoms with E-state index >= 15 is 0 Å². The first-order chi connectivity index (χ1) is 14.3. The van der Waals surface area contributed by atoms with Gasteiger partial charge < -0.3 is 10.2 Å². The Kier molecular flexibility index (Phi) is 9.37. The smallest absolute Gasteiger partial charge is 0.242 e. The number of rotatable bonds is 10. The van der Waals surface area contributed by atoms with Crippen LogP contribution in [0.15, 0.2) is 48.5 Å². The first-order valence-electron chi connectivity index (χ1n) is 10.3. The van der Waals surface area contributed by atoms with E-state index in [4.69, 9.17) is 0 Å². The van der Waals surface area contributed by atoms with Gasteiger partial charge in [-0.1, -0.05) is 48.9 Å². The summed E-state index contributed by atoms with van der Waals surface area (Å²) in [5.74, 6) is 0.357. The summed E-state index contributed by atoms with van der Waals surface area (Å²) < 4.78 is 13.0. The van der Waals surface area contributed by atoms with Crippen molar-refractivity contribution in [3.8, 4) is 0 Å². The van der Waals surface area contributed by atoms with E-state index < -0.39 is 6.04 Å². The summed E-state index contributed by atoms with van der Waals surface area (Å²) in [6.07, 6.45) is 0.831. The zero-order chi connectivity index (χ0) is 22.1. The molecule has 0 saturated carbocycles. The predicted octanol–water partition coefficient (Wildman–Crippen LogP) is 4.70. The Hall–Kier alpha value is -2.34. The average Bonchev–Trinajstić information content (AvgIpc) is 2.74. The highest BCUT2D eigenvalue weighted by atomic mass is 32.2. The highest BCUT2D eigenvalue weighted by Gasteiger charge is 2.26. The number of aryl methyl sites for hydroxylation is 1. The van der Waals surface area contributed by atoms with E-state index in [9.17, 15) is 14.0 Å². The van der Waals surface area contributed by atoms with E-state index in [1.807, 2.05) is 45.0 Å². The topological polar surface area (TPSA) is 49.4 Å². The van der Waals surface area contributed by atoms with E-state index in [-0.39, 0.29) is 29.4 Å². The molecule has 4 nitrogen and oxygen atoms in total. The molecule has 2 aromatic carbocycles. The van der Waals surface area contributed by atoms with Crippen molar-refractivity contribution in [1.29, 1.82) is 0 Å². The fourth-order valence-electron chi connectivity index (χ4n) is 2.86. The van der Waals surface area contributed by atoms with Crippen molar-refractivity contribution in [1.82, 2.24) is 10.2 Å². The number of halogens is 1. The fraction of sp³-hybridized carbons (Fsp3) is 0.417. The minimum absolute atomic E-state index is 0.0594. The maximum Gasteiger partial charge on any atom is 0.242 e. The summed E-state index contributed by atoms with van der Waals surface area (Å²) in [6, 6.07) is 13.8. The molecule has 0 aliphatic rings. The second kappa shape index (κ2) is 11.7. The standard InChI is InChI=1S/C24H31FN2O2S/c1-5-18(3)26-24(29)19(4)27(14-20-8-6-17(2)7-9-20)23(28)16-30-15-21-10-12-22(25)13-11-21/h6-13,18-19H,5,14-16H2,1-4H3,(H,26,29)/t18-,19-/m0/s1. The lowest BCUT2D eigenvalue weighted by atomic mass is 10.1. The maximum atomic E-state index is 13.0. The van der Waals surface area contributed by atoms with Crippen molar-refractivity contribution in [3.63, 3.8) is 0 Å². The molecule has 162 valence electrons. The monoisotopic (exact) mass is 430 g/mol. The molecule has 0 aromatic heterocycles. The zero-order valence-corrected chi connectivity index (χ0v) is 19.0. The van der Waals surface area contributed by atoms with E-state index in [0.29, 0.717) is 12.3 Å². The van der Waals surface area contributed by atoms with Crippen LogP contribution < -0.4 is 5.32 Å². The van der Waals surface area contributed by atoms with Crippen LogP contribution in [-0.4, -0.2) is 34.6 Å². The van der Waals surface area contributed by atoms with Crippen LogP contribution >= 0.6 is 11.8 Å².